The topological polar surface area (TPSA) is 80.8 Å². The fourth-order valence-electron chi connectivity index (χ4n) is 0.654. The van der Waals surface area contributed by atoms with Gasteiger partial charge in [-0.15, -0.1) is 0 Å². The maximum absolute atomic E-state index is 10.7. The molecule has 4 nitrogen and oxygen atoms in total. The molecule has 1 radical (unpaired) electrons. The molecule has 0 heterocycles. The Labute approximate surface area is 92.2 Å². The fourth-order valence-corrected chi connectivity index (χ4v) is 0.654. The molecular formula is C7H9NNaO3. The van der Waals surface area contributed by atoms with E-state index in [9.17, 15) is 4.79 Å². The standard InChI is InChI=1S/C7H7NO2.Na.H2O/c9-7(8-10)6-4-2-1-3-5-6;;/h1-5,10H,(H,8,9);;1H2. The summed E-state index contributed by atoms with van der Waals surface area (Å²) in [4.78, 5) is 10.7. The van der Waals surface area contributed by atoms with Crippen LogP contribution in [0.4, 0.5) is 0 Å². The van der Waals surface area contributed by atoms with Crippen molar-refractivity contribution in [2.75, 3.05) is 0 Å². The molecule has 0 unspecified atom stereocenters. The van der Waals surface area contributed by atoms with Crippen LogP contribution in [0.5, 0.6) is 0 Å². The molecule has 0 spiro atoms. The molecule has 1 rings (SSSR count). The van der Waals surface area contributed by atoms with Gasteiger partial charge in [0.15, 0.2) is 0 Å². The summed E-state index contributed by atoms with van der Waals surface area (Å²) in [5.74, 6) is -0.486. The fraction of sp³-hybridized carbons (Fsp3) is 0. The summed E-state index contributed by atoms with van der Waals surface area (Å²) in [6.07, 6.45) is 0. The second-order valence-corrected chi connectivity index (χ2v) is 1.81. The smallest absolute Gasteiger partial charge is 0.274 e. The normalized spacial score (nSPS) is 7.42. The van der Waals surface area contributed by atoms with Crippen LogP contribution in [-0.2, 0) is 0 Å². The molecule has 5 heteroatoms. The van der Waals surface area contributed by atoms with Crippen LogP contribution in [0, 0.1) is 0 Å². The Balaban J connectivity index is 0. The van der Waals surface area contributed by atoms with Gasteiger partial charge >= 0.3 is 0 Å². The zero-order valence-corrected chi connectivity index (χ0v) is 8.74. The van der Waals surface area contributed by atoms with Gasteiger partial charge in [0, 0.05) is 35.1 Å². The summed E-state index contributed by atoms with van der Waals surface area (Å²) in [5.41, 5.74) is 1.99. The zero-order valence-electron chi connectivity index (χ0n) is 6.74. The van der Waals surface area contributed by atoms with E-state index in [1.54, 1.807) is 35.8 Å². The molecule has 4 N–H and O–H groups in total. The van der Waals surface area contributed by atoms with Crippen molar-refractivity contribution in [3.05, 3.63) is 35.9 Å². The first kappa shape index (κ1) is 14.2. The predicted octanol–water partition coefficient (Wildman–Crippen LogP) is -0.400. The Bertz CT molecular complexity index is 227. The van der Waals surface area contributed by atoms with E-state index in [0.717, 1.165) is 0 Å². The first-order valence-electron chi connectivity index (χ1n) is 2.84. The van der Waals surface area contributed by atoms with Crippen LogP contribution < -0.4 is 5.48 Å². The van der Waals surface area contributed by atoms with Crippen molar-refractivity contribution in [3.8, 4) is 0 Å². The molecule has 0 atom stereocenters. The molecule has 0 fully saturated rings. The average molecular weight is 178 g/mol. The van der Waals surface area contributed by atoms with Crippen LogP contribution in [0.15, 0.2) is 30.3 Å². The van der Waals surface area contributed by atoms with Gasteiger partial charge in [-0.3, -0.25) is 10.0 Å². The third-order valence-electron chi connectivity index (χ3n) is 1.14. The van der Waals surface area contributed by atoms with Gasteiger partial charge in [0.1, 0.15) is 0 Å². The largest absolute Gasteiger partial charge is 0.412 e. The average Bonchev–Trinajstić information content (AvgIpc) is 2.05. The number of rotatable bonds is 1. The van der Waals surface area contributed by atoms with E-state index in [-0.39, 0.29) is 35.0 Å². The van der Waals surface area contributed by atoms with Gasteiger partial charge in [0.2, 0.25) is 0 Å². The van der Waals surface area contributed by atoms with Crippen molar-refractivity contribution in [2.45, 2.75) is 0 Å². The third-order valence-corrected chi connectivity index (χ3v) is 1.14. The predicted molar refractivity (Wildman–Crippen MR) is 45.1 cm³/mol. The zero-order chi connectivity index (χ0) is 7.40. The monoisotopic (exact) mass is 178 g/mol. The Morgan fingerprint density at radius 1 is 1.25 bits per heavy atom. The van der Waals surface area contributed by atoms with Crippen molar-refractivity contribution in [1.29, 1.82) is 0 Å². The van der Waals surface area contributed by atoms with Crippen LogP contribution in [-0.4, -0.2) is 46.1 Å². The molecular weight excluding hydrogens is 169 g/mol. The quantitative estimate of drug-likeness (QED) is 0.348. The second kappa shape index (κ2) is 7.27. The van der Waals surface area contributed by atoms with E-state index < -0.39 is 5.91 Å². The molecule has 0 aromatic heterocycles. The van der Waals surface area contributed by atoms with Crippen molar-refractivity contribution in [2.24, 2.45) is 0 Å². The van der Waals surface area contributed by atoms with Gasteiger partial charge in [-0.05, 0) is 12.1 Å². The third kappa shape index (κ3) is 3.85. The number of hydrogen-bond acceptors (Lipinski definition) is 2. The van der Waals surface area contributed by atoms with E-state index >= 15 is 0 Å². The molecule has 12 heavy (non-hydrogen) atoms. The number of benzene rings is 1. The van der Waals surface area contributed by atoms with Crippen LogP contribution in [0.2, 0.25) is 0 Å². The molecule has 0 aliphatic carbocycles. The minimum absolute atomic E-state index is 0. The molecule has 0 aliphatic heterocycles. The number of carbonyl (C=O) groups excluding carboxylic acids is 1. The number of carbonyl (C=O) groups is 1. The summed E-state index contributed by atoms with van der Waals surface area (Å²) >= 11 is 0. The Hall–Kier alpha value is -0.390. The van der Waals surface area contributed by atoms with Crippen LogP contribution >= 0.6 is 0 Å². The van der Waals surface area contributed by atoms with Gasteiger partial charge in [-0.25, -0.2) is 5.48 Å². The maximum Gasteiger partial charge on any atom is 0.274 e. The van der Waals surface area contributed by atoms with Crippen LogP contribution in [0.3, 0.4) is 0 Å². The van der Waals surface area contributed by atoms with Crippen LogP contribution in [0.1, 0.15) is 10.4 Å². The van der Waals surface area contributed by atoms with Gasteiger partial charge in [-0.2, -0.15) is 0 Å². The number of amides is 1. The van der Waals surface area contributed by atoms with Crippen molar-refractivity contribution < 1.29 is 15.5 Å². The van der Waals surface area contributed by atoms with E-state index in [4.69, 9.17) is 5.21 Å². The molecule has 0 saturated heterocycles. The van der Waals surface area contributed by atoms with Gasteiger partial charge in [0.05, 0.1) is 0 Å². The molecule has 1 amide bonds. The van der Waals surface area contributed by atoms with Gasteiger partial charge in [-0.1, -0.05) is 18.2 Å². The first-order valence-corrected chi connectivity index (χ1v) is 2.84. The minimum atomic E-state index is -0.486. The summed E-state index contributed by atoms with van der Waals surface area (Å²) in [6.45, 7) is 0. The summed E-state index contributed by atoms with van der Waals surface area (Å²) in [6, 6.07) is 8.49. The van der Waals surface area contributed by atoms with E-state index in [1.807, 2.05) is 0 Å². The SMILES string of the molecule is O.O=C(NO)c1ccccc1.[Na]. The summed E-state index contributed by atoms with van der Waals surface area (Å²) in [7, 11) is 0. The minimum Gasteiger partial charge on any atom is -0.412 e. The molecule has 1 aromatic rings. The Morgan fingerprint density at radius 3 is 2.17 bits per heavy atom. The summed E-state index contributed by atoms with van der Waals surface area (Å²) in [5, 5.41) is 8.19. The van der Waals surface area contributed by atoms with Crippen LogP contribution in [0.25, 0.3) is 0 Å². The summed E-state index contributed by atoms with van der Waals surface area (Å²) < 4.78 is 0. The number of hydrogen-bond donors (Lipinski definition) is 2. The van der Waals surface area contributed by atoms with Gasteiger partial charge in [0.25, 0.3) is 5.91 Å². The molecule has 0 bridgehead atoms. The molecule has 61 valence electrons. The van der Waals surface area contributed by atoms with Crippen molar-refractivity contribution >= 4 is 35.5 Å². The van der Waals surface area contributed by atoms with Crippen molar-refractivity contribution in [1.82, 2.24) is 5.48 Å². The molecule has 0 aliphatic rings. The maximum atomic E-state index is 10.7. The second-order valence-electron chi connectivity index (χ2n) is 1.81. The van der Waals surface area contributed by atoms with Gasteiger partial charge < -0.3 is 5.48 Å². The number of hydroxylamine groups is 1. The Kier molecular flexibility index (Phi) is 8.57. The van der Waals surface area contributed by atoms with E-state index in [1.165, 1.54) is 0 Å². The van der Waals surface area contributed by atoms with E-state index in [2.05, 4.69) is 0 Å². The molecule has 0 saturated carbocycles. The number of nitrogens with one attached hydrogen (secondary N) is 1. The molecule has 1 aromatic carbocycles. The Morgan fingerprint density at radius 2 is 1.75 bits per heavy atom. The van der Waals surface area contributed by atoms with E-state index in [0.29, 0.717) is 5.56 Å². The van der Waals surface area contributed by atoms with Crippen molar-refractivity contribution in [3.63, 3.8) is 0 Å². The first-order chi connectivity index (χ1) is 4.84.